The number of aromatic nitrogens is 24. The first kappa shape index (κ1) is 43.3. The first-order valence-electron chi connectivity index (χ1n) is 16.1. The molecular formula is C32H22N24O2Zn2+2. The minimum absolute atomic E-state index is 0. The minimum Gasteiger partial charge on any atom is -0.457 e. The molecule has 0 fully saturated rings. The average molecular weight is 905 g/mol. The summed E-state index contributed by atoms with van der Waals surface area (Å²) < 4.78 is 0. The summed E-state index contributed by atoms with van der Waals surface area (Å²) in [6, 6.07) is 22.0. The van der Waals surface area contributed by atoms with E-state index in [2.05, 4.69) is 102 Å². The molecule has 0 radical (unpaired) electrons. The molecule has 0 aliphatic carbocycles. The van der Waals surface area contributed by atoms with Gasteiger partial charge in [-0.15, -0.1) is 0 Å². The maximum atomic E-state index is 4.71. The summed E-state index contributed by atoms with van der Waals surface area (Å²) in [5, 5.41) is 59.3. The van der Waals surface area contributed by atoms with E-state index in [1.54, 1.807) is 24.8 Å². The van der Waals surface area contributed by atoms with Crippen LogP contribution in [0.1, 0.15) is 0 Å². The number of nitrogens with zero attached hydrogens (tertiary/aromatic N) is 24. The van der Waals surface area contributed by atoms with E-state index in [9.17, 15) is 0 Å². The average Bonchev–Trinajstić information content (AvgIpc) is 4.13. The molecule has 284 valence electrons. The molecule has 28 heteroatoms. The second-order valence-electron chi connectivity index (χ2n) is 10.9. The zero-order valence-electron chi connectivity index (χ0n) is 30.5. The molecule has 0 aliphatic heterocycles. The van der Waals surface area contributed by atoms with Gasteiger partial charge in [-0.25, -0.2) is 19.9 Å². The van der Waals surface area contributed by atoms with E-state index in [0.717, 1.165) is 0 Å². The van der Waals surface area contributed by atoms with Crippen LogP contribution in [-0.4, -0.2) is 102 Å². The maximum absolute atomic E-state index is 4.71. The van der Waals surface area contributed by atoms with E-state index >= 15 is 0 Å². The largest absolute Gasteiger partial charge is 2.00 e. The molecular weight excluding hydrogens is 883 g/mol. The van der Waals surface area contributed by atoms with Crippen LogP contribution in [0.25, 0.3) is 91.6 Å². The van der Waals surface area contributed by atoms with Crippen LogP contribution in [0.4, 0.5) is 0 Å². The molecule has 26 nitrogen and oxygen atoms in total. The summed E-state index contributed by atoms with van der Waals surface area (Å²) in [7, 11) is 0. The molecule has 6 N–H and O–H groups in total. The third-order valence-electron chi connectivity index (χ3n) is 7.54. The molecule has 0 saturated carbocycles. The van der Waals surface area contributed by atoms with E-state index in [1.807, 2.05) is 72.8 Å². The molecule has 10 aromatic rings. The molecule has 60 heavy (non-hydrogen) atoms. The number of pyridine rings is 4. The summed E-state index contributed by atoms with van der Waals surface area (Å²) in [6.07, 6.45) is 6.68. The van der Waals surface area contributed by atoms with E-state index < -0.39 is 0 Å². The van der Waals surface area contributed by atoms with Crippen molar-refractivity contribution >= 4 is 0 Å². The van der Waals surface area contributed by atoms with Crippen molar-refractivity contribution in [1.29, 1.82) is 0 Å². The summed E-state index contributed by atoms with van der Waals surface area (Å²) in [5.74, 6) is 0.711. The molecule has 0 atom stereocenters. The van der Waals surface area contributed by atoms with Gasteiger partial charge in [0.2, 0.25) is 0 Å². The van der Waals surface area contributed by atoms with Crippen molar-refractivity contribution in [2.45, 2.75) is 0 Å². The fourth-order valence-corrected chi connectivity index (χ4v) is 5.18. The Morgan fingerprint density at radius 3 is 0.700 bits per heavy atom. The zero-order valence-corrected chi connectivity index (χ0v) is 36.5. The van der Waals surface area contributed by atoms with Crippen molar-refractivity contribution in [3.8, 4) is 91.6 Å². The van der Waals surface area contributed by atoms with Gasteiger partial charge in [-0.2, -0.15) is 20.9 Å². The smallest absolute Gasteiger partial charge is 0.457 e. The van der Waals surface area contributed by atoms with Gasteiger partial charge < -0.3 is 31.3 Å². The van der Waals surface area contributed by atoms with Crippen LogP contribution in [0.5, 0.6) is 0 Å². The molecule has 0 spiro atoms. The minimum atomic E-state index is 0. The van der Waals surface area contributed by atoms with Gasteiger partial charge in [-0.1, -0.05) is 24.3 Å². The van der Waals surface area contributed by atoms with Gasteiger partial charge in [-0.05, 0) is 48.5 Å². The third kappa shape index (κ3) is 9.00. The third-order valence-corrected chi connectivity index (χ3v) is 7.54. The topological polar surface area (TPSA) is 380 Å². The van der Waals surface area contributed by atoms with E-state index in [-0.39, 0.29) is 73.2 Å². The Morgan fingerprint density at radius 1 is 0.300 bits per heavy atom. The maximum Gasteiger partial charge on any atom is 2.00 e. The van der Waals surface area contributed by atoms with Crippen LogP contribution in [-0.2, 0) is 49.9 Å². The van der Waals surface area contributed by atoms with Crippen molar-refractivity contribution < 1.29 is 49.9 Å². The van der Waals surface area contributed by atoms with Crippen LogP contribution in [0.2, 0.25) is 0 Å². The number of tetrazole rings is 4. The number of hydrogen-bond donors (Lipinski definition) is 0. The Kier molecular flexibility index (Phi) is 14.5. The summed E-state index contributed by atoms with van der Waals surface area (Å²) in [4.78, 5) is 36.4. The van der Waals surface area contributed by atoms with Crippen LogP contribution < -0.4 is 20.4 Å². The summed E-state index contributed by atoms with van der Waals surface area (Å²) in [6.45, 7) is 0. The van der Waals surface area contributed by atoms with Crippen molar-refractivity contribution in [1.82, 2.24) is 122 Å². The van der Waals surface area contributed by atoms with Gasteiger partial charge >= 0.3 is 39.0 Å². The van der Waals surface area contributed by atoms with Crippen molar-refractivity contribution in [3.63, 3.8) is 0 Å². The predicted molar refractivity (Wildman–Crippen MR) is 195 cm³/mol. The Balaban J connectivity index is 0.000000213. The first-order chi connectivity index (χ1) is 27.8. The van der Waals surface area contributed by atoms with Crippen LogP contribution in [0.3, 0.4) is 0 Å². The molecule has 10 rings (SSSR count). The van der Waals surface area contributed by atoms with E-state index in [0.29, 0.717) is 68.3 Å². The van der Waals surface area contributed by atoms with Crippen molar-refractivity contribution in [2.24, 2.45) is 0 Å². The van der Waals surface area contributed by atoms with Crippen LogP contribution in [0, 0.1) is 0 Å². The van der Waals surface area contributed by atoms with E-state index in [1.165, 1.54) is 0 Å². The molecule has 0 aliphatic rings. The van der Waals surface area contributed by atoms with Crippen LogP contribution in [0.15, 0.2) is 97.6 Å². The quantitative estimate of drug-likeness (QED) is 0.125. The molecule has 0 amide bonds. The molecule has 0 saturated heterocycles. The monoisotopic (exact) mass is 902 g/mol. The Morgan fingerprint density at radius 2 is 0.533 bits per heavy atom. The summed E-state index contributed by atoms with van der Waals surface area (Å²) >= 11 is 0. The van der Waals surface area contributed by atoms with Crippen molar-refractivity contribution in [2.75, 3.05) is 0 Å². The number of rotatable bonds is 8. The second kappa shape index (κ2) is 20.1. The van der Waals surface area contributed by atoms with Crippen molar-refractivity contribution in [3.05, 3.63) is 97.6 Å². The van der Waals surface area contributed by atoms with Crippen LogP contribution >= 0.6 is 0 Å². The van der Waals surface area contributed by atoms with Gasteiger partial charge in [0.25, 0.3) is 0 Å². The van der Waals surface area contributed by atoms with Gasteiger partial charge in [0, 0.05) is 24.8 Å². The van der Waals surface area contributed by atoms with Gasteiger partial charge in [-0.3, -0.25) is 61.2 Å². The van der Waals surface area contributed by atoms with Gasteiger partial charge in [0.1, 0.15) is 45.6 Å². The van der Waals surface area contributed by atoms with Gasteiger partial charge in [0.15, 0.2) is 0 Å². The fourth-order valence-electron chi connectivity index (χ4n) is 5.18. The fraction of sp³-hybridized carbons (Fsp3) is 0. The standard InChI is InChI=1S/2C16H8N12.2H2O.2Zn/c2*1-3-7-17-9(5-1)11-12(10-6-2-4-8-18-10)20-14(16-23-27-28-24-16)13(19-11)15-21-25-26-22-15;;;;/h2*1-8H;2*1H2;;/q2*-2;;;2*+2/p+2. The number of hydrogen-bond acceptors (Lipinski definition) is 20. The Labute approximate surface area is 360 Å². The van der Waals surface area contributed by atoms with E-state index in [4.69, 9.17) is 19.9 Å². The Bertz CT molecular complexity index is 2400. The summed E-state index contributed by atoms with van der Waals surface area (Å²) in [5.41, 5.74) is 5.58. The molecule has 0 bridgehead atoms. The predicted octanol–water partition coefficient (Wildman–Crippen LogP) is -1.41. The molecule has 10 aromatic heterocycles. The van der Waals surface area contributed by atoms with Gasteiger partial charge in [0.05, 0.1) is 46.1 Å². The molecule has 0 unspecified atom stereocenters. The first-order valence-corrected chi connectivity index (χ1v) is 16.1. The zero-order chi connectivity index (χ0) is 37.5. The second-order valence-corrected chi connectivity index (χ2v) is 10.9. The molecule has 0 aromatic carbocycles. The Hall–Kier alpha value is -7.79. The normalized spacial score (nSPS) is 10.1. The molecule has 10 heterocycles. The SMILES string of the molecule is [OH3+].[OH3+].[Zn+2].[Zn+2].c1ccc(-c2nc(-c3nnn[n-]3)c(-c3nnn[n-]3)nc2-c2ccccn2)nc1.c1ccc(-c2nc(-c3nnn[n-]3)c(-c3nnn[n-]3)nc2-c2ccccn2)nc1.